The number of halogens is 2. The highest BCUT2D eigenvalue weighted by Crippen LogP contribution is 2.31. The van der Waals surface area contributed by atoms with Gasteiger partial charge in [0.1, 0.15) is 5.75 Å². The molecule has 0 fully saturated rings. The van der Waals surface area contributed by atoms with Crippen LogP contribution in [0, 0.1) is 0 Å². The van der Waals surface area contributed by atoms with Gasteiger partial charge in [-0.1, -0.05) is 48.5 Å². The molecular formula is C19H14F2O. The van der Waals surface area contributed by atoms with E-state index in [0.717, 1.165) is 16.5 Å². The van der Waals surface area contributed by atoms with E-state index in [1.54, 1.807) is 43.5 Å². The topological polar surface area (TPSA) is 9.23 Å². The number of fused-ring (bicyclic) bond motifs is 1. The minimum absolute atomic E-state index is 0.0293. The lowest BCUT2D eigenvalue weighted by molar-refractivity contribution is 0.415. The van der Waals surface area contributed by atoms with Gasteiger partial charge in [0.2, 0.25) is 0 Å². The van der Waals surface area contributed by atoms with E-state index >= 15 is 0 Å². The number of ether oxygens (including phenoxy) is 1. The summed E-state index contributed by atoms with van der Waals surface area (Å²) < 4.78 is 32.1. The summed E-state index contributed by atoms with van der Waals surface area (Å²) in [6.45, 7) is 0. The SMILES string of the molecule is COc1ccc2cc(C(=C(F)F)c3ccccc3)ccc2c1. The molecule has 0 bridgehead atoms. The van der Waals surface area contributed by atoms with E-state index < -0.39 is 6.08 Å². The lowest BCUT2D eigenvalue weighted by atomic mass is 9.96. The van der Waals surface area contributed by atoms with Gasteiger partial charge in [0.05, 0.1) is 12.7 Å². The van der Waals surface area contributed by atoms with Gasteiger partial charge in [0.25, 0.3) is 6.08 Å². The van der Waals surface area contributed by atoms with Gasteiger partial charge in [-0.3, -0.25) is 0 Å². The second kappa shape index (κ2) is 5.98. The molecular weight excluding hydrogens is 282 g/mol. The van der Waals surface area contributed by atoms with Gasteiger partial charge in [-0.25, -0.2) is 0 Å². The van der Waals surface area contributed by atoms with Crippen LogP contribution in [0.5, 0.6) is 5.75 Å². The van der Waals surface area contributed by atoms with E-state index in [0.29, 0.717) is 11.1 Å². The average Bonchev–Trinajstić information content (AvgIpc) is 2.55. The highest BCUT2D eigenvalue weighted by Gasteiger charge is 2.12. The van der Waals surface area contributed by atoms with Gasteiger partial charge in [0.15, 0.2) is 0 Å². The predicted molar refractivity (Wildman–Crippen MR) is 85.2 cm³/mol. The van der Waals surface area contributed by atoms with Crippen molar-refractivity contribution in [3.8, 4) is 5.75 Å². The first kappa shape index (κ1) is 14.3. The van der Waals surface area contributed by atoms with Crippen LogP contribution in [-0.2, 0) is 0 Å². The lowest BCUT2D eigenvalue weighted by Gasteiger charge is -2.09. The van der Waals surface area contributed by atoms with Crippen LogP contribution in [-0.4, -0.2) is 7.11 Å². The third-order valence-electron chi connectivity index (χ3n) is 3.59. The Bertz CT molecular complexity index is 834. The van der Waals surface area contributed by atoms with E-state index in [-0.39, 0.29) is 5.57 Å². The van der Waals surface area contributed by atoms with Gasteiger partial charge >= 0.3 is 0 Å². The molecule has 3 aromatic rings. The quantitative estimate of drug-likeness (QED) is 0.619. The molecule has 3 heteroatoms. The largest absolute Gasteiger partial charge is 0.497 e. The number of hydrogen-bond acceptors (Lipinski definition) is 1. The Morgan fingerprint density at radius 1 is 0.773 bits per heavy atom. The van der Waals surface area contributed by atoms with Gasteiger partial charge < -0.3 is 4.74 Å². The Hall–Kier alpha value is -2.68. The third kappa shape index (κ3) is 2.70. The highest BCUT2D eigenvalue weighted by atomic mass is 19.3. The Balaban J connectivity index is 2.14. The van der Waals surface area contributed by atoms with E-state index in [1.807, 2.05) is 30.3 Å². The molecule has 0 heterocycles. The second-order valence-corrected chi connectivity index (χ2v) is 4.93. The summed E-state index contributed by atoms with van der Waals surface area (Å²) in [5.74, 6) is 0.746. The van der Waals surface area contributed by atoms with E-state index in [9.17, 15) is 8.78 Å². The number of methoxy groups -OCH3 is 1. The Labute approximate surface area is 127 Å². The minimum atomic E-state index is -1.68. The molecule has 0 aromatic heterocycles. The molecule has 110 valence electrons. The molecule has 0 unspecified atom stereocenters. The van der Waals surface area contributed by atoms with Crippen LogP contribution >= 0.6 is 0 Å². The fraction of sp³-hybridized carbons (Fsp3) is 0.0526. The molecule has 1 nitrogen and oxygen atoms in total. The molecule has 0 amide bonds. The van der Waals surface area contributed by atoms with Crippen LogP contribution in [0.25, 0.3) is 16.3 Å². The standard InChI is InChI=1S/C19H14F2O/c1-22-17-10-9-14-11-16(8-7-15(14)12-17)18(19(20)21)13-5-3-2-4-6-13/h2-12H,1H3. The van der Waals surface area contributed by atoms with Crippen LogP contribution < -0.4 is 4.74 Å². The van der Waals surface area contributed by atoms with Gasteiger partial charge in [-0.15, -0.1) is 0 Å². The fourth-order valence-corrected chi connectivity index (χ4v) is 2.50. The van der Waals surface area contributed by atoms with Gasteiger partial charge in [0, 0.05) is 0 Å². The molecule has 22 heavy (non-hydrogen) atoms. The Kier molecular flexibility index (Phi) is 3.88. The summed E-state index contributed by atoms with van der Waals surface area (Å²) in [5.41, 5.74) is 0.984. The van der Waals surface area contributed by atoms with Crippen molar-refractivity contribution in [2.75, 3.05) is 7.11 Å². The van der Waals surface area contributed by atoms with Crippen molar-refractivity contribution in [2.45, 2.75) is 0 Å². The third-order valence-corrected chi connectivity index (χ3v) is 3.59. The van der Waals surface area contributed by atoms with Crippen molar-refractivity contribution < 1.29 is 13.5 Å². The zero-order valence-corrected chi connectivity index (χ0v) is 12.0. The van der Waals surface area contributed by atoms with Gasteiger partial charge in [-0.05, 0) is 40.1 Å². The number of benzene rings is 3. The van der Waals surface area contributed by atoms with Crippen molar-refractivity contribution in [3.63, 3.8) is 0 Å². The first-order chi connectivity index (χ1) is 10.7. The second-order valence-electron chi connectivity index (χ2n) is 4.93. The van der Waals surface area contributed by atoms with Crippen LogP contribution in [0.1, 0.15) is 11.1 Å². The van der Waals surface area contributed by atoms with E-state index in [4.69, 9.17) is 4.74 Å². The summed E-state index contributed by atoms with van der Waals surface area (Å²) in [6.07, 6.45) is -1.68. The maximum Gasteiger partial charge on any atom is 0.278 e. The van der Waals surface area contributed by atoms with Crippen molar-refractivity contribution in [2.24, 2.45) is 0 Å². The molecule has 0 saturated heterocycles. The summed E-state index contributed by atoms with van der Waals surface area (Å²) in [5, 5.41) is 1.85. The number of rotatable bonds is 3. The van der Waals surface area contributed by atoms with Crippen LogP contribution in [0.2, 0.25) is 0 Å². The van der Waals surface area contributed by atoms with E-state index in [2.05, 4.69) is 0 Å². The van der Waals surface area contributed by atoms with Crippen LogP contribution in [0.3, 0.4) is 0 Å². The molecule has 0 atom stereocenters. The zero-order chi connectivity index (χ0) is 15.5. The lowest BCUT2D eigenvalue weighted by Crippen LogP contribution is -1.90. The minimum Gasteiger partial charge on any atom is -0.497 e. The van der Waals surface area contributed by atoms with Crippen molar-refractivity contribution >= 4 is 16.3 Å². The molecule has 0 radical (unpaired) electrons. The molecule has 0 aliphatic heterocycles. The van der Waals surface area contributed by atoms with Crippen molar-refractivity contribution in [1.82, 2.24) is 0 Å². The van der Waals surface area contributed by atoms with Crippen LogP contribution in [0.15, 0.2) is 72.8 Å². The molecule has 3 aromatic carbocycles. The summed E-state index contributed by atoms with van der Waals surface area (Å²) in [7, 11) is 1.60. The monoisotopic (exact) mass is 296 g/mol. The maximum absolute atomic E-state index is 13.4. The molecule has 3 rings (SSSR count). The van der Waals surface area contributed by atoms with Crippen molar-refractivity contribution in [3.05, 3.63) is 83.9 Å². The maximum atomic E-state index is 13.4. The molecule has 0 saturated carbocycles. The first-order valence-corrected chi connectivity index (χ1v) is 6.88. The summed E-state index contributed by atoms with van der Waals surface area (Å²) >= 11 is 0. The van der Waals surface area contributed by atoms with Gasteiger partial charge in [-0.2, -0.15) is 8.78 Å². The van der Waals surface area contributed by atoms with Crippen molar-refractivity contribution in [1.29, 1.82) is 0 Å². The Morgan fingerprint density at radius 3 is 2.14 bits per heavy atom. The number of hydrogen-bond donors (Lipinski definition) is 0. The normalized spacial score (nSPS) is 10.5. The molecule has 0 aliphatic rings. The van der Waals surface area contributed by atoms with E-state index in [1.165, 1.54) is 0 Å². The predicted octanol–water partition coefficient (Wildman–Crippen LogP) is 5.50. The zero-order valence-electron chi connectivity index (χ0n) is 12.0. The average molecular weight is 296 g/mol. The Morgan fingerprint density at radius 2 is 1.45 bits per heavy atom. The first-order valence-electron chi connectivity index (χ1n) is 6.88. The summed E-state index contributed by atoms with van der Waals surface area (Å²) in [4.78, 5) is 0. The fourth-order valence-electron chi connectivity index (χ4n) is 2.50. The smallest absolute Gasteiger partial charge is 0.278 e. The molecule has 0 N–H and O–H groups in total. The molecule has 0 spiro atoms. The van der Waals surface area contributed by atoms with Crippen LogP contribution in [0.4, 0.5) is 8.78 Å². The summed E-state index contributed by atoms with van der Waals surface area (Å²) in [6, 6.07) is 19.6. The molecule has 0 aliphatic carbocycles. The highest BCUT2D eigenvalue weighted by molar-refractivity contribution is 5.90.